The van der Waals surface area contributed by atoms with Crippen LogP contribution in [0, 0.1) is 5.92 Å². The normalized spacial score (nSPS) is 27.1. The van der Waals surface area contributed by atoms with Crippen LogP contribution >= 0.6 is 0 Å². The molecule has 2 atom stereocenters. The van der Waals surface area contributed by atoms with Gasteiger partial charge in [-0.15, -0.1) is 4.40 Å². The van der Waals surface area contributed by atoms with Gasteiger partial charge in [0.25, 0.3) is 15.9 Å². The van der Waals surface area contributed by atoms with Crippen molar-refractivity contribution >= 4 is 43.2 Å². The summed E-state index contributed by atoms with van der Waals surface area (Å²) in [6, 6.07) is 4.02. The number of carbonyl (C=O) groups excluding carboxylic acids is 1. The number of amidine groups is 1. The maximum atomic E-state index is 13.6. The Morgan fingerprint density at radius 3 is 2.58 bits per heavy atom. The molecule has 10 nitrogen and oxygen atoms in total. The van der Waals surface area contributed by atoms with Gasteiger partial charge in [-0.3, -0.25) is 9.52 Å². The van der Waals surface area contributed by atoms with Crippen molar-refractivity contribution in [2.75, 3.05) is 16.3 Å². The van der Waals surface area contributed by atoms with Crippen molar-refractivity contribution in [3.05, 3.63) is 29.5 Å². The monoisotopic (exact) mass is 494 g/mol. The molecule has 2 aliphatic carbocycles. The Hall–Kier alpha value is -2.60. The number of hydrogen-bond acceptors (Lipinski definition) is 7. The van der Waals surface area contributed by atoms with Crippen LogP contribution in [0.5, 0.6) is 0 Å². The summed E-state index contributed by atoms with van der Waals surface area (Å²) in [5.41, 5.74) is 0.156. The highest BCUT2D eigenvalue weighted by molar-refractivity contribution is 7.92. The van der Waals surface area contributed by atoms with E-state index >= 15 is 0 Å². The van der Waals surface area contributed by atoms with E-state index in [4.69, 9.17) is 0 Å². The van der Waals surface area contributed by atoms with E-state index in [1.807, 2.05) is 4.90 Å². The molecule has 1 aromatic carbocycles. The van der Waals surface area contributed by atoms with Crippen molar-refractivity contribution in [1.82, 2.24) is 4.90 Å². The van der Waals surface area contributed by atoms with Gasteiger partial charge in [-0.2, -0.15) is 8.42 Å². The Bertz CT molecular complexity index is 1300. The molecule has 2 saturated carbocycles. The molecular formula is C21H26N4O6S2. The van der Waals surface area contributed by atoms with Crippen molar-refractivity contribution in [1.29, 1.82) is 0 Å². The Kier molecular flexibility index (Phi) is 5.20. The maximum absolute atomic E-state index is 13.6. The average molecular weight is 495 g/mol. The highest BCUT2D eigenvalue weighted by atomic mass is 32.2. The van der Waals surface area contributed by atoms with Gasteiger partial charge in [0.15, 0.2) is 5.84 Å². The smallest absolute Gasteiger partial charge is 0.286 e. The second kappa shape index (κ2) is 7.73. The van der Waals surface area contributed by atoms with E-state index in [0.717, 1.165) is 51.2 Å². The van der Waals surface area contributed by atoms with Gasteiger partial charge in [-0.25, -0.2) is 8.42 Å². The van der Waals surface area contributed by atoms with Crippen LogP contribution in [0.15, 0.2) is 38.8 Å². The van der Waals surface area contributed by atoms with E-state index in [9.17, 15) is 26.7 Å². The molecule has 4 aliphatic rings. The summed E-state index contributed by atoms with van der Waals surface area (Å²) in [5, 5.41) is 13.9. The molecule has 0 spiro atoms. The Balaban J connectivity index is 1.56. The number of carbonyl (C=O) groups is 1. The number of aliphatic hydroxyl groups is 1. The molecule has 0 unspecified atom stereocenters. The first-order valence-corrected chi connectivity index (χ1v) is 14.4. The molecule has 1 amide bonds. The second-order valence-electron chi connectivity index (χ2n) is 9.14. The zero-order chi connectivity index (χ0) is 23.5. The molecule has 2 aliphatic heterocycles. The average Bonchev–Trinajstić information content (AvgIpc) is 3.40. The molecule has 0 bridgehead atoms. The molecule has 33 heavy (non-hydrogen) atoms. The van der Waals surface area contributed by atoms with Crippen molar-refractivity contribution in [3.8, 4) is 0 Å². The van der Waals surface area contributed by atoms with Crippen LogP contribution < -0.4 is 10.0 Å². The lowest BCUT2D eigenvalue weighted by Crippen LogP contribution is -2.53. The van der Waals surface area contributed by atoms with Crippen molar-refractivity contribution < 1.29 is 26.7 Å². The molecule has 2 fully saturated rings. The van der Waals surface area contributed by atoms with Gasteiger partial charge in [0.2, 0.25) is 10.0 Å². The molecule has 2 heterocycles. The van der Waals surface area contributed by atoms with E-state index in [2.05, 4.69) is 14.4 Å². The van der Waals surface area contributed by atoms with Crippen LogP contribution in [0.25, 0.3) is 0 Å². The highest BCUT2D eigenvalue weighted by Crippen LogP contribution is 2.44. The molecule has 3 N–H and O–H groups in total. The first-order chi connectivity index (χ1) is 15.5. The van der Waals surface area contributed by atoms with Gasteiger partial charge < -0.3 is 15.3 Å². The SMILES string of the molecule is CS(=O)(=O)Nc1ccc2c(c1)S(=O)(=O)N=C(C1=C(O)[C@@H]3CCC[C@@H]3N(C3CCCC3)C1=O)N2. The zero-order valence-electron chi connectivity index (χ0n) is 18.1. The van der Waals surface area contributed by atoms with Gasteiger partial charge in [-0.05, 0) is 43.9 Å². The van der Waals surface area contributed by atoms with E-state index in [1.54, 1.807) is 0 Å². The van der Waals surface area contributed by atoms with Gasteiger partial charge in [0.05, 0.1) is 11.9 Å². The van der Waals surface area contributed by atoms with E-state index in [0.29, 0.717) is 0 Å². The van der Waals surface area contributed by atoms with Gasteiger partial charge in [0.1, 0.15) is 16.2 Å². The molecule has 0 aromatic heterocycles. The topological polar surface area (TPSA) is 145 Å². The second-order valence-corrected chi connectivity index (χ2v) is 12.5. The number of nitrogens with zero attached hydrogens (tertiary/aromatic N) is 2. The van der Waals surface area contributed by atoms with Crippen LogP contribution in [0.3, 0.4) is 0 Å². The highest BCUT2D eigenvalue weighted by Gasteiger charge is 2.49. The van der Waals surface area contributed by atoms with Crippen LogP contribution in [0.4, 0.5) is 11.4 Å². The number of benzene rings is 1. The third-order valence-electron chi connectivity index (χ3n) is 6.87. The number of anilines is 2. The van der Waals surface area contributed by atoms with Crippen LogP contribution in [0.1, 0.15) is 44.9 Å². The fourth-order valence-electron chi connectivity index (χ4n) is 5.55. The lowest BCUT2D eigenvalue weighted by atomic mass is 9.88. The zero-order valence-corrected chi connectivity index (χ0v) is 19.7. The minimum Gasteiger partial charge on any atom is -0.511 e. The summed E-state index contributed by atoms with van der Waals surface area (Å²) in [6.45, 7) is 0. The van der Waals surface area contributed by atoms with Crippen LogP contribution in [0.2, 0.25) is 0 Å². The number of sulfonamides is 2. The van der Waals surface area contributed by atoms with E-state index in [1.165, 1.54) is 18.2 Å². The summed E-state index contributed by atoms with van der Waals surface area (Å²) >= 11 is 0. The minimum atomic E-state index is -4.25. The molecule has 12 heteroatoms. The fraction of sp³-hybridized carbons (Fsp3) is 0.524. The summed E-state index contributed by atoms with van der Waals surface area (Å²) in [5.74, 6) is -0.907. The molecule has 0 saturated heterocycles. The molecule has 0 radical (unpaired) electrons. The first kappa shape index (κ1) is 22.2. The summed E-state index contributed by atoms with van der Waals surface area (Å²) in [6.07, 6.45) is 7.30. The van der Waals surface area contributed by atoms with Crippen LogP contribution in [-0.2, 0) is 24.8 Å². The first-order valence-electron chi connectivity index (χ1n) is 11.1. The number of aliphatic hydroxyl groups excluding tert-OH is 1. The van der Waals surface area contributed by atoms with E-state index < -0.39 is 20.0 Å². The third kappa shape index (κ3) is 3.88. The predicted molar refractivity (Wildman–Crippen MR) is 123 cm³/mol. The third-order valence-corrected chi connectivity index (χ3v) is 8.80. The van der Waals surface area contributed by atoms with Crippen molar-refractivity contribution in [2.45, 2.75) is 61.9 Å². The Labute approximate surface area is 192 Å². The number of nitrogens with one attached hydrogen (secondary N) is 2. The summed E-state index contributed by atoms with van der Waals surface area (Å²) < 4.78 is 55.1. The van der Waals surface area contributed by atoms with Crippen molar-refractivity contribution in [2.24, 2.45) is 10.3 Å². The Morgan fingerprint density at radius 1 is 1.15 bits per heavy atom. The standard InChI is InChI=1S/C21H26N4O6S2/c1-32(28,29)23-12-9-10-15-17(11-12)33(30,31)24-20(22-15)18-19(26)14-7-4-8-16(14)25(21(18)27)13-5-2-3-6-13/h9-11,13-14,16,23,26H,2-8H2,1H3,(H,22,24)/t14-,16+/m1/s1. The molecule has 178 valence electrons. The van der Waals surface area contributed by atoms with Crippen LogP contribution in [-0.4, -0.2) is 56.9 Å². The minimum absolute atomic E-state index is 0.0675. The fourth-order valence-corrected chi connectivity index (χ4v) is 7.26. The number of hydrogen-bond donors (Lipinski definition) is 3. The largest absolute Gasteiger partial charge is 0.511 e. The number of amides is 1. The summed E-state index contributed by atoms with van der Waals surface area (Å²) in [4.78, 5) is 15.3. The van der Waals surface area contributed by atoms with Gasteiger partial charge in [0, 0.05) is 23.7 Å². The lowest BCUT2D eigenvalue weighted by molar-refractivity contribution is -0.134. The molecule has 5 rings (SSSR count). The van der Waals surface area contributed by atoms with E-state index in [-0.39, 0.29) is 57.3 Å². The van der Waals surface area contributed by atoms with Crippen molar-refractivity contribution in [3.63, 3.8) is 0 Å². The number of rotatable bonds is 4. The molecule has 1 aromatic rings. The Morgan fingerprint density at radius 2 is 1.88 bits per heavy atom. The predicted octanol–water partition coefficient (Wildman–Crippen LogP) is 2.34. The van der Waals surface area contributed by atoms with Gasteiger partial charge >= 0.3 is 0 Å². The molecular weight excluding hydrogens is 468 g/mol. The lowest BCUT2D eigenvalue weighted by Gasteiger charge is -2.42. The quantitative estimate of drug-likeness (QED) is 0.582. The summed E-state index contributed by atoms with van der Waals surface area (Å²) in [7, 11) is -7.85. The number of fused-ring (bicyclic) bond motifs is 2. The maximum Gasteiger partial charge on any atom is 0.286 e. The van der Waals surface area contributed by atoms with Gasteiger partial charge in [-0.1, -0.05) is 19.3 Å².